The van der Waals surface area contributed by atoms with Crippen LogP contribution in [0.5, 0.6) is 0 Å². The summed E-state index contributed by atoms with van der Waals surface area (Å²) in [5.74, 6) is -0.608. The molecule has 0 saturated heterocycles. The Balaban J connectivity index is 1.65. The Morgan fingerprint density at radius 2 is 1.86 bits per heavy atom. The quantitative estimate of drug-likeness (QED) is 0.749. The number of para-hydroxylation sites is 2. The third-order valence-corrected chi connectivity index (χ3v) is 3.44. The van der Waals surface area contributed by atoms with Crippen molar-refractivity contribution in [1.82, 2.24) is 4.98 Å². The Morgan fingerprint density at radius 3 is 2.71 bits per heavy atom. The van der Waals surface area contributed by atoms with Crippen molar-refractivity contribution in [2.45, 2.75) is 12.8 Å². The van der Waals surface area contributed by atoms with Crippen LogP contribution in [0.3, 0.4) is 0 Å². The summed E-state index contributed by atoms with van der Waals surface area (Å²) in [6.07, 6.45) is 2.85. The van der Waals surface area contributed by atoms with Crippen LogP contribution in [0.2, 0.25) is 0 Å². The van der Waals surface area contributed by atoms with E-state index in [4.69, 9.17) is 0 Å². The molecule has 0 aliphatic rings. The lowest BCUT2D eigenvalue weighted by atomic mass is 10.1. The third kappa shape index (κ3) is 2.94. The van der Waals surface area contributed by atoms with Gasteiger partial charge in [-0.2, -0.15) is 0 Å². The molecule has 0 fully saturated rings. The van der Waals surface area contributed by atoms with Gasteiger partial charge in [-0.05, 0) is 30.2 Å². The first-order valence-corrected chi connectivity index (χ1v) is 6.83. The van der Waals surface area contributed by atoms with E-state index in [-0.39, 0.29) is 11.6 Å². The summed E-state index contributed by atoms with van der Waals surface area (Å²) in [7, 11) is 0. The number of carbonyl (C=O) groups is 1. The average molecular weight is 282 g/mol. The van der Waals surface area contributed by atoms with Gasteiger partial charge in [-0.15, -0.1) is 0 Å². The molecule has 0 aliphatic carbocycles. The first-order chi connectivity index (χ1) is 10.2. The minimum Gasteiger partial charge on any atom is -0.361 e. The molecular formula is C17H15FN2O. The zero-order chi connectivity index (χ0) is 14.7. The molecule has 0 unspecified atom stereocenters. The van der Waals surface area contributed by atoms with Crippen molar-refractivity contribution in [2.24, 2.45) is 0 Å². The second-order valence-corrected chi connectivity index (χ2v) is 4.89. The number of nitrogens with one attached hydrogen (secondary N) is 2. The molecule has 3 nitrogen and oxygen atoms in total. The number of carbonyl (C=O) groups excluding carboxylic acids is 1. The number of aryl methyl sites for hydroxylation is 1. The molecule has 0 atom stereocenters. The van der Waals surface area contributed by atoms with Crippen molar-refractivity contribution in [1.29, 1.82) is 0 Å². The molecule has 0 aliphatic heterocycles. The van der Waals surface area contributed by atoms with E-state index in [0.29, 0.717) is 12.8 Å². The van der Waals surface area contributed by atoms with Crippen molar-refractivity contribution in [2.75, 3.05) is 5.32 Å². The Hall–Kier alpha value is -2.62. The molecular weight excluding hydrogens is 267 g/mol. The minimum atomic E-state index is -0.419. The SMILES string of the molecule is O=C(CCc1c[nH]c2ccccc12)Nc1ccccc1F. The summed E-state index contributed by atoms with van der Waals surface area (Å²) in [6.45, 7) is 0. The van der Waals surface area contributed by atoms with Crippen LogP contribution in [-0.2, 0) is 11.2 Å². The van der Waals surface area contributed by atoms with Crippen molar-refractivity contribution in [3.8, 4) is 0 Å². The average Bonchev–Trinajstić information content (AvgIpc) is 2.91. The number of fused-ring (bicyclic) bond motifs is 1. The van der Waals surface area contributed by atoms with Crippen LogP contribution in [0.15, 0.2) is 54.7 Å². The fraction of sp³-hybridized carbons (Fsp3) is 0.118. The molecule has 4 heteroatoms. The molecule has 1 amide bonds. The maximum Gasteiger partial charge on any atom is 0.224 e. The highest BCUT2D eigenvalue weighted by Gasteiger charge is 2.08. The molecule has 106 valence electrons. The number of anilines is 1. The van der Waals surface area contributed by atoms with Crippen LogP contribution in [0.1, 0.15) is 12.0 Å². The van der Waals surface area contributed by atoms with Crippen LogP contribution in [0.4, 0.5) is 10.1 Å². The maximum atomic E-state index is 13.5. The van der Waals surface area contributed by atoms with E-state index >= 15 is 0 Å². The highest BCUT2D eigenvalue weighted by molar-refractivity contribution is 5.91. The molecule has 0 saturated carbocycles. The highest BCUT2D eigenvalue weighted by atomic mass is 19.1. The normalized spacial score (nSPS) is 10.7. The van der Waals surface area contributed by atoms with Gasteiger partial charge in [-0.1, -0.05) is 30.3 Å². The molecule has 21 heavy (non-hydrogen) atoms. The summed E-state index contributed by atoms with van der Waals surface area (Å²) in [6, 6.07) is 14.1. The lowest BCUT2D eigenvalue weighted by Gasteiger charge is -2.05. The van der Waals surface area contributed by atoms with Crippen LogP contribution < -0.4 is 5.32 Å². The van der Waals surface area contributed by atoms with E-state index in [2.05, 4.69) is 10.3 Å². The van der Waals surface area contributed by atoms with Gasteiger partial charge in [0.1, 0.15) is 5.82 Å². The summed E-state index contributed by atoms with van der Waals surface area (Å²) in [5, 5.41) is 3.72. The van der Waals surface area contributed by atoms with E-state index in [1.54, 1.807) is 18.2 Å². The fourth-order valence-corrected chi connectivity index (χ4v) is 2.36. The molecule has 0 spiro atoms. The predicted molar refractivity (Wildman–Crippen MR) is 81.6 cm³/mol. The van der Waals surface area contributed by atoms with E-state index in [0.717, 1.165) is 16.5 Å². The molecule has 2 N–H and O–H groups in total. The zero-order valence-corrected chi connectivity index (χ0v) is 11.4. The van der Waals surface area contributed by atoms with Gasteiger partial charge < -0.3 is 10.3 Å². The standard InChI is InChI=1S/C17H15FN2O/c18-14-6-2-4-8-16(14)20-17(21)10-9-12-11-19-15-7-3-1-5-13(12)15/h1-8,11,19H,9-10H2,(H,20,21). The molecule has 2 aromatic carbocycles. The summed E-state index contributed by atoms with van der Waals surface area (Å²) < 4.78 is 13.5. The molecule has 3 rings (SSSR count). The van der Waals surface area contributed by atoms with E-state index in [1.165, 1.54) is 6.07 Å². The van der Waals surface area contributed by atoms with Gasteiger partial charge in [0.05, 0.1) is 5.69 Å². The fourth-order valence-electron chi connectivity index (χ4n) is 2.36. The number of halogens is 1. The van der Waals surface area contributed by atoms with Gasteiger partial charge in [-0.25, -0.2) is 4.39 Å². The Kier molecular flexibility index (Phi) is 3.69. The zero-order valence-electron chi connectivity index (χ0n) is 11.4. The highest BCUT2D eigenvalue weighted by Crippen LogP contribution is 2.19. The van der Waals surface area contributed by atoms with Crippen molar-refractivity contribution >= 4 is 22.5 Å². The number of rotatable bonds is 4. The van der Waals surface area contributed by atoms with Gasteiger partial charge >= 0.3 is 0 Å². The van der Waals surface area contributed by atoms with E-state index in [1.807, 2.05) is 30.5 Å². The minimum absolute atomic E-state index is 0.189. The van der Waals surface area contributed by atoms with Crippen LogP contribution in [0, 0.1) is 5.82 Å². The Labute approximate surface area is 121 Å². The van der Waals surface area contributed by atoms with Gasteiger partial charge in [0.2, 0.25) is 5.91 Å². The van der Waals surface area contributed by atoms with Crippen LogP contribution in [-0.4, -0.2) is 10.9 Å². The lowest BCUT2D eigenvalue weighted by Crippen LogP contribution is -2.13. The molecule has 1 aromatic heterocycles. The summed E-state index contributed by atoms with van der Waals surface area (Å²) in [5.41, 5.74) is 2.37. The Bertz CT molecular complexity index is 779. The number of benzene rings is 2. The van der Waals surface area contributed by atoms with Gasteiger partial charge in [0.25, 0.3) is 0 Å². The van der Waals surface area contributed by atoms with E-state index in [9.17, 15) is 9.18 Å². The number of hydrogen-bond donors (Lipinski definition) is 2. The Morgan fingerprint density at radius 1 is 1.10 bits per heavy atom. The van der Waals surface area contributed by atoms with Crippen LogP contribution in [0.25, 0.3) is 10.9 Å². The second kappa shape index (κ2) is 5.79. The number of amides is 1. The molecule has 1 heterocycles. The summed E-state index contributed by atoms with van der Waals surface area (Å²) in [4.78, 5) is 15.1. The smallest absolute Gasteiger partial charge is 0.224 e. The predicted octanol–water partition coefficient (Wildman–Crippen LogP) is 3.88. The van der Waals surface area contributed by atoms with Gasteiger partial charge in [0, 0.05) is 23.5 Å². The summed E-state index contributed by atoms with van der Waals surface area (Å²) >= 11 is 0. The molecule has 3 aromatic rings. The number of H-pyrrole nitrogens is 1. The molecule has 0 bridgehead atoms. The van der Waals surface area contributed by atoms with Crippen LogP contribution >= 0.6 is 0 Å². The largest absolute Gasteiger partial charge is 0.361 e. The van der Waals surface area contributed by atoms with Crippen molar-refractivity contribution in [3.63, 3.8) is 0 Å². The maximum absolute atomic E-state index is 13.5. The van der Waals surface area contributed by atoms with Crippen molar-refractivity contribution < 1.29 is 9.18 Å². The van der Waals surface area contributed by atoms with Crippen molar-refractivity contribution in [3.05, 3.63) is 66.1 Å². The number of aromatic amines is 1. The molecule has 0 radical (unpaired) electrons. The first kappa shape index (κ1) is 13.4. The first-order valence-electron chi connectivity index (χ1n) is 6.83. The van der Waals surface area contributed by atoms with Gasteiger partial charge in [-0.3, -0.25) is 4.79 Å². The lowest BCUT2D eigenvalue weighted by molar-refractivity contribution is -0.116. The van der Waals surface area contributed by atoms with Gasteiger partial charge in [0.15, 0.2) is 0 Å². The number of aromatic nitrogens is 1. The van der Waals surface area contributed by atoms with E-state index < -0.39 is 5.82 Å². The third-order valence-electron chi connectivity index (χ3n) is 3.44. The second-order valence-electron chi connectivity index (χ2n) is 4.89. The number of hydrogen-bond acceptors (Lipinski definition) is 1. The monoisotopic (exact) mass is 282 g/mol. The topological polar surface area (TPSA) is 44.9 Å².